The van der Waals surface area contributed by atoms with E-state index in [1.807, 2.05) is 0 Å². The maximum absolute atomic E-state index is 10.7. The van der Waals surface area contributed by atoms with Crippen LogP contribution in [-0.2, 0) is 16.8 Å². The molecule has 0 heterocycles. The highest BCUT2D eigenvalue weighted by Crippen LogP contribution is 2.24. The highest BCUT2D eigenvalue weighted by Gasteiger charge is 1.95. The first kappa shape index (κ1) is 9.97. The van der Waals surface area contributed by atoms with Gasteiger partial charge in [-0.3, -0.25) is 0 Å². The molecule has 0 aromatic heterocycles. The molecule has 5 N–H and O–H groups in total. The molecule has 0 amide bonds. The van der Waals surface area contributed by atoms with Crippen molar-refractivity contribution in [2.75, 3.05) is 0 Å². The van der Waals surface area contributed by atoms with Crippen LogP contribution >= 0.6 is 0 Å². The van der Waals surface area contributed by atoms with Crippen LogP contribution in [-0.4, -0.2) is 8.42 Å². The second-order valence-corrected chi connectivity index (χ2v) is 3.70. The molecule has 0 aliphatic rings. The molecule has 0 aliphatic carbocycles. The summed E-state index contributed by atoms with van der Waals surface area (Å²) in [6, 6.07) is 6.84. The standard InChI is InChI=1S/C7H10N3O2S/c8-5-6-3-1-2-4-7(6)10-13(9,11)12/h1-4H,5,8H2,(H2,9,11,12)/q-1/p+1. The molecule has 0 saturated carbocycles. The predicted octanol–water partition coefficient (Wildman–Crippen LogP) is -0.363. The van der Waals surface area contributed by atoms with E-state index in [1.54, 1.807) is 24.3 Å². The van der Waals surface area contributed by atoms with Gasteiger partial charge in [0.15, 0.2) is 10.2 Å². The maximum atomic E-state index is 10.7. The molecule has 13 heavy (non-hydrogen) atoms. The van der Waals surface area contributed by atoms with Crippen molar-refractivity contribution in [1.29, 1.82) is 0 Å². The number of hydrogen-bond donors (Lipinski definition) is 2. The van der Waals surface area contributed by atoms with Gasteiger partial charge >= 0.3 is 0 Å². The summed E-state index contributed by atoms with van der Waals surface area (Å²) < 4.78 is 24.7. The molecule has 0 unspecified atom stereocenters. The minimum absolute atomic E-state index is 0.361. The van der Waals surface area contributed by atoms with E-state index < -0.39 is 10.2 Å². The zero-order valence-electron chi connectivity index (χ0n) is 6.97. The third-order valence-corrected chi connectivity index (χ3v) is 1.94. The summed E-state index contributed by atoms with van der Waals surface area (Å²) >= 11 is 0. The number of benzene rings is 1. The van der Waals surface area contributed by atoms with Gasteiger partial charge in [0.1, 0.15) is 0 Å². The van der Waals surface area contributed by atoms with Gasteiger partial charge in [-0.1, -0.05) is 24.3 Å². The Morgan fingerprint density at radius 1 is 1.38 bits per heavy atom. The lowest BCUT2D eigenvalue weighted by molar-refractivity contribution is -0.386. The fourth-order valence-corrected chi connectivity index (χ4v) is 1.40. The minimum Gasteiger partial charge on any atom is -0.564 e. The van der Waals surface area contributed by atoms with Gasteiger partial charge in [0.2, 0.25) is 0 Å². The molecular formula is C7H11N3O2S. The molecule has 0 fully saturated rings. The lowest BCUT2D eigenvalue weighted by Crippen LogP contribution is -2.47. The Hall–Kier alpha value is -1.11. The Kier molecular flexibility index (Phi) is 2.86. The average molecular weight is 201 g/mol. The predicted molar refractivity (Wildman–Crippen MR) is 49.2 cm³/mol. The third kappa shape index (κ3) is 3.02. The van der Waals surface area contributed by atoms with Crippen LogP contribution < -0.4 is 10.9 Å². The van der Waals surface area contributed by atoms with Gasteiger partial charge in [-0.2, -0.15) is 0 Å². The molecule has 72 valence electrons. The Balaban J connectivity index is 3.01. The van der Waals surface area contributed by atoms with E-state index in [2.05, 4.69) is 10.5 Å². The van der Waals surface area contributed by atoms with Gasteiger partial charge in [0.05, 0.1) is 6.54 Å². The Bertz CT molecular complexity index is 388. The van der Waals surface area contributed by atoms with Crippen molar-refractivity contribution in [2.24, 2.45) is 5.14 Å². The fraction of sp³-hybridized carbons (Fsp3) is 0.143. The molecule has 1 aromatic rings. The molecule has 6 heteroatoms. The molecule has 0 atom stereocenters. The van der Waals surface area contributed by atoms with Crippen LogP contribution in [0.3, 0.4) is 0 Å². The first-order chi connectivity index (χ1) is 6.03. The van der Waals surface area contributed by atoms with E-state index in [-0.39, 0.29) is 0 Å². The molecular weight excluding hydrogens is 190 g/mol. The molecule has 0 spiro atoms. The number of nitrogens with zero attached hydrogens (tertiary/aromatic N) is 1. The van der Waals surface area contributed by atoms with Gasteiger partial charge in [-0.15, -0.1) is 5.69 Å². The lowest BCUT2D eigenvalue weighted by Gasteiger charge is -2.20. The van der Waals surface area contributed by atoms with Crippen molar-refractivity contribution in [1.82, 2.24) is 0 Å². The van der Waals surface area contributed by atoms with Crippen molar-refractivity contribution >= 4 is 15.9 Å². The topological polar surface area (TPSA) is 102 Å². The third-order valence-electron chi connectivity index (χ3n) is 1.49. The van der Waals surface area contributed by atoms with Gasteiger partial charge in [-0.05, 0) is 5.56 Å². The van der Waals surface area contributed by atoms with E-state index >= 15 is 0 Å². The quantitative estimate of drug-likeness (QED) is 0.697. The molecule has 1 aromatic carbocycles. The van der Waals surface area contributed by atoms with Crippen LogP contribution in [0.25, 0.3) is 4.72 Å². The number of rotatable bonds is 3. The van der Waals surface area contributed by atoms with E-state index in [1.165, 1.54) is 0 Å². The van der Waals surface area contributed by atoms with Crippen LogP contribution in [0, 0.1) is 0 Å². The van der Waals surface area contributed by atoms with Crippen LogP contribution in [0.4, 0.5) is 5.69 Å². The van der Waals surface area contributed by atoms with Crippen LogP contribution in [0.1, 0.15) is 5.56 Å². The summed E-state index contributed by atoms with van der Waals surface area (Å²) in [5, 5.41) is 4.78. The smallest absolute Gasteiger partial charge is 0.154 e. The van der Waals surface area contributed by atoms with E-state index in [0.717, 1.165) is 5.56 Å². The largest absolute Gasteiger partial charge is 0.564 e. The molecule has 5 nitrogen and oxygen atoms in total. The molecule has 0 radical (unpaired) electrons. The van der Waals surface area contributed by atoms with Gasteiger partial charge in [-0.25, -0.2) is 13.6 Å². The normalized spacial score (nSPS) is 11.2. The van der Waals surface area contributed by atoms with Gasteiger partial charge in [0, 0.05) is 0 Å². The van der Waals surface area contributed by atoms with Crippen LogP contribution in [0.15, 0.2) is 24.3 Å². The Morgan fingerprint density at radius 2 is 2.00 bits per heavy atom. The Labute approximate surface area is 76.9 Å². The summed E-state index contributed by atoms with van der Waals surface area (Å²) in [6.07, 6.45) is 0. The minimum atomic E-state index is -3.81. The number of quaternary nitrogens is 1. The van der Waals surface area contributed by atoms with Crippen molar-refractivity contribution < 1.29 is 14.2 Å². The van der Waals surface area contributed by atoms with E-state index in [4.69, 9.17) is 5.14 Å². The average Bonchev–Trinajstić information content (AvgIpc) is 2.02. The van der Waals surface area contributed by atoms with E-state index in [0.29, 0.717) is 12.2 Å². The SMILES string of the molecule is NS(=O)(=O)[N-]c1ccccc1C[NH3+]. The molecule has 0 saturated heterocycles. The summed E-state index contributed by atoms with van der Waals surface area (Å²) in [4.78, 5) is 0. The lowest BCUT2D eigenvalue weighted by atomic mass is 10.2. The highest BCUT2D eigenvalue weighted by molar-refractivity contribution is 7.92. The summed E-state index contributed by atoms with van der Waals surface area (Å²) in [5.74, 6) is 0. The number of hydrogen-bond acceptors (Lipinski definition) is 2. The summed E-state index contributed by atoms with van der Waals surface area (Å²) in [5.41, 5.74) is 4.77. The van der Waals surface area contributed by atoms with Gasteiger partial charge in [0.25, 0.3) is 0 Å². The summed E-state index contributed by atoms with van der Waals surface area (Å²) in [6.45, 7) is 0.481. The van der Waals surface area contributed by atoms with Crippen molar-refractivity contribution in [2.45, 2.75) is 6.54 Å². The number of nitrogens with two attached hydrogens (primary N) is 1. The molecule has 0 aliphatic heterocycles. The van der Waals surface area contributed by atoms with Crippen molar-refractivity contribution in [3.63, 3.8) is 0 Å². The Morgan fingerprint density at radius 3 is 2.54 bits per heavy atom. The second-order valence-electron chi connectivity index (χ2n) is 2.48. The van der Waals surface area contributed by atoms with Crippen molar-refractivity contribution in [3.05, 3.63) is 34.6 Å². The zero-order valence-corrected chi connectivity index (χ0v) is 7.79. The molecule has 0 bridgehead atoms. The monoisotopic (exact) mass is 201 g/mol. The van der Waals surface area contributed by atoms with Crippen LogP contribution in [0.2, 0.25) is 0 Å². The summed E-state index contributed by atoms with van der Waals surface area (Å²) in [7, 11) is -3.81. The van der Waals surface area contributed by atoms with E-state index in [9.17, 15) is 8.42 Å². The van der Waals surface area contributed by atoms with Gasteiger partial charge < -0.3 is 10.5 Å². The zero-order chi connectivity index (χ0) is 9.90. The highest BCUT2D eigenvalue weighted by atomic mass is 32.2. The maximum Gasteiger partial charge on any atom is 0.154 e. The second kappa shape index (κ2) is 3.73. The first-order valence-electron chi connectivity index (χ1n) is 3.66. The fourth-order valence-electron chi connectivity index (χ4n) is 0.948. The van der Waals surface area contributed by atoms with Crippen LogP contribution in [0.5, 0.6) is 0 Å². The first-order valence-corrected chi connectivity index (χ1v) is 5.16. The molecule has 1 rings (SSSR count). The van der Waals surface area contributed by atoms with Crippen molar-refractivity contribution in [3.8, 4) is 0 Å².